The summed E-state index contributed by atoms with van der Waals surface area (Å²) in [4.78, 5) is 50.8. The standard InChI is InChI=1S/C26H37N3O6/c1-15(2)12-18(22(30)28-21(23(31)27-6)26(3,4)5)20(25(33)34)35-14-17-13-16-10-8-9-11-19(16)29(7)24(17)32/h8-11,13,15,18,20-21H,12,14H2,1-7H3,(H,27,31)(H,28,30)(H,33,34)/t18-,20+,21-/m1/s1. The lowest BCUT2D eigenvalue weighted by atomic mass is 9.84. The summed E-state index contributed by atoms with van der Waals surface area (Å²) >= 11 is 0. The summed E-state index contributed by atoms with van der Waals surface area (Å²) in [6, 6.07) is 8.16. The lowest BCUT2D eigenvalue weighted by molar-refractivity contribution is -0.160. The van der Waals surface area contributed by atoms with E-state index in [0.29, 0.717) is 5.56 Å². The molecule has 0 saturated heterocycles. The van der Waals surface area contributed by atoms with Crippen LogP contribution in [0.15, 0.2) is 35.1 Å². The van der Waals surface area contributed by atoms with E-state index in [1.807, 2.05) is 58.9 Å². The first-order valence-corrected chi connectivity index (χ1v) is 11.7. The van der Waals surface area contributed by atoms with E-state index in [2.05, 4.69) is 10.6 Å². The van der Waals surface area contributed by atoms with Crippen molar-refractivity contribution in [2.75, 3.05) is 7.05 Å². The number of carbonyl (C=O) groups excluding carboxylic acids is 2. The van der Waals surface area contributed by atoms with Crippen LogP contribution in [0.5, 0.6) is 0 Å². The number of carbonyl (C=O) groups is 3. The number of nitrogens with one attached hydrogen (secondary N) is 2. The Hall–Kier alpha value is -3.20. The summed E-state index contributed by atoms with van der Waals surface area (Å²) in [7, 11) is 3.12. The van der Waals surface area contributed by atoms with E-state index < -0.39 is 35.4 Å². The monoisotopic (exact) mass is 487 g/mol. The number of hydrogen-bond donors (Lipinski definition) is 3. The highest BCUT2D eigenvalue weighted by molar-refractivity contribution is 5.91. The molecule has 0 aliphatic rings. The Morgan fingerprint density at radius 3 is 2.29 bits per heavy atom. The Morgan fingerprint density at radius 2 is 1.74 bits per heavy atom. The van der Waals surface area contributed by atoms with Crippen LogP contribution in [0.4, 0.5) is 0 Å². The minimum atomic E-state index is -1.50. The molecule has 2 aromatic rings. The predicted molar refractivity (Wildman–Crippen MR) is 134 cm³/mol. The van der Waals surface area contributed by atoms with Gasteiger partial charge in [0, 0.05) is 19.7 Å². The summed E-state index contributed by atoms with van der Waals surface area (Å²) < 4.78 is 7.22. The third kappa shape index (κ3) is 6.91. The van der Waals surface area contributed by atoms with Crippen LogP contribution in [0.1, 0.15) is 46.6 Å². The fourth-order valence-electron chi connectivity index (χ4n) is 4.08. The Bertz CT molecular complexity index is 1130. The highest BCUT2D eigenvalue weighted by Gasteiger charge is 2.39. The minimum absolute atomic E-state index is 0.0159. The number of amides is 2. The van der Waals surface area contributed by atoms with E-state index in [4.69, 9.17) is 4.74 Å². The summed E-state index contributed by atoms with van der Waals surface area (Å²) in [5, 5.41) is 16.1. The van der Waals surface area contributed by atoms with E-state index in [1.165, 1.54) is 11.6 Å². The normalized spacial score (nSPS) is 14.4. The molecule has 0 bridgehead atoms. The lowest BCUT2D eigenvalue weighted by Gasteiger charge is -2.32. The van der Waals surface area contributed by atoms with Crippen molar-refractivity contribution < 1.29 is 24.2 Å². The van der Waals surface area contributed by atoms with Crippen LogP contribution in [-0.2, 0) is 32.8 Å². The highest BCUT2D eigenvalue weighted by Crippen LogP contribution is 2.24. The number of hydrogen-bond acceptors (Lipinski definition) is 5. The molecule has 192 valence electrons. The molecule has 0 saturated carbocycles. The van der Waals surface area contributed by atoms with Gasteiger partial charge in [-0.25, -0.2) is 4.79 Å². The number of likely N-dealkylation sites (N-methyl/N-ethyl adjacent to an activating group) is 1. The molecule has 0 fully saturated rings. The van der Waals surface area contributed by atoms with Gasteiger partial charge in [-0.3, -0.25) is 14.4 Å². The van der Waals surface area contributed by atoms with Crippen molar-refractivity contribution in [3.05, 3.63) is 46.2 Å². The molecule has 1 aromatic heterocycles. The van der Waals surface area contributed by atoms with Gasteiger partial charge in [-0.2, -0.15) is 0 Å². The van der Waals surface area contributed by atoms with Crippen LogP contribution in [-0.4, -0.2) is 46.7 Å². The maximum absolute atomic E-state index is 13.3. The highest BCUT2D eigenvalue weighted by atomic mass is 16.5. The number of nitrogens with zero attached hydrogens (tertiary/aromatic N) is 1. The first kappa shape index (κ1) is 28.0. The molecule has 1 aromatic carbocycles. The summed E-state index contributed by atoms with van der Waals surface area (Å²) in [6.07, 6.45) is -1.28. The molecular weight excluding hydrogens is 450 g/mol. The largest absolute Gasteiger partial charge is 0.479 e. The molecule has 2 amide bonds. The van der Waals surface area contributed by atoms with Crippen molar-refractivity contribution in [1.82, 2.24) is 15.2 Å². The smallest absolute Gasteiger partial charge is 0.333 e. The van der Waals surface area contributed by atoms with Crippen LogP contribution in [0.3, 0.4) is 0 Å². The summed E-state index contributed by atoms with van der Waals surface area (Å²) in [6.45, 7) is 8.91. The van der Waals surface area contributed by atoms with Crippen LogP contribution in [0.2, 0.25) is 0 Å². The molecule has 1 heterocycles. The third-order valence-corrected chi connectivity index (χ3v) is 5.96. The number of ether oxygens (including phenoxy) is 1. The van der Waals surface area contributed by atoms with Crippen LogP contribution < -0.4 is 16.2 Å². The molecule has 0 unspecified atom stereocenters. The molecule has 0 radical (unpaired) electrons. The van der Waals surface area contributed by atoms with Gasteiger partial charge in [-0.05, 0) is 35.3 Å². The topological polar surface area (TPSA) is 127 Å². The molecule has 0 aliphatic heterocycles. The maximum Gasteiger partial charge on any atom is 0.333 e. The lowest BCUT2D eigenvalue weighted by Crippen LogP contribution is -2.56. The van der Waals surface area contributed by atoms with Gasteiger partial charge in [0.05, 0.1) is 18.0 Å². The Labute approximate surface area is 205 Å². The van der Waals surface area contributed by atoms with Gasteiger partial charge in [0.1, 0.15) is 6.04 Å². The number of benzene rings is 1. The molecule has 35 heavy (non-hydrogen) atoms. The Kier molecular flexibility index (Phi) is 9.20. The molecule has 3 N–H and O–H groups in total. The quantitative estimate of drug-likeness (QED) is 0.473. The van der Waals surface area contributed by atoms with Gasteiger partial charge < -0.3 is 25.0 Å². The number of aromatic nitrogens is 1. The number of pyridine rings is 1. The first-order valence-electron chi connectivity index (χ1n) is 11.7. The second-order valence-electron chi connectivity index (χ2n) is 10.3. The zero-order valence-electron chi connectivity index (χ0n) is 21.5. The Morgan fingerprint density at radius 1 is 1.11 bits per heavy atom. The van der Waals surface area contributed by atoms with Crippen molar-refractivity contribution in [3.63, 3.8) is 0 Å². The van der Waals surface area contributed by atoms with Crippen molar-refractivity contribution in [2.45, 2.75) is 59.8 Å². The van der Waals surface area contributed by atoms with E-state index >= 15 is 0 Å². The Balaban J connectivity index is 2.36. The average molecular weight is 488 g/mol. The number of para-hydroxylation sites is 1. The van der Waals surface area contributed by atoms with Gasteiger partial charge in [0.2, 0.25) is 11.8 Å². The molecule has 2 rings (SSSR count). The van der Waals surface area contributed by atoms with Crippen LogP contribution in [0.25, 0.3) is 10.9 Å². The van der Waals surface area contributed by atoms with Crippen molar-refractivity contribution in [3.8, 4) is 0 Å². The van der Waals surface area contributed by atoms with Crippen molar-refractivity contribution in [2.24, 2.45) is 24.3 Å². The van der Waals surface area contributed by atoms with Gasteiger partial charge >= 0.3 is 5.97 Å². The third-order valence-electron chi connectivity index (χ3n) is 5.96. The zero-order valence-corrected chi connectivity index (χ0v) is 21.5. The van der Waals surface area contributed by atoms with E-state index in [-0.39, 0.29) is 30.4 Å². The zero-order chi connectivity index (χ0) is 26.5. The van der Waals surface area contributed by atoms with Gasteiger partial charge in [0.25, 0.3) is 5.56 Å². The number of fused-ring (bicyclic) bond motifs is 1. The molecule has 0 aliphatic carbocycles. The van der Waals surface area contributed by atoms with E-state index in [0.717, 1.165) is 10.9 Å². The van der Waals surface area contributed by atoms with Crippen LogP contribution >= 0.6 is 0 Å². The average Bonchev–Trinajstić information content (AvgIpc) is 2.78. The summed E-state index contributed by atoms with van der Waals surface area (Å²) in [5.74, 6) is -3.34. The second-order valence-corrected chi connectivity index (χ2v) is 10.3. The van der Waals surface area contributed by atoms with Gasteiger partial charge in [-0.15, -0.1) is 0 Å². The van der Waals surface area contributed by atoms with Crippen molar-refractivity contribution in [1.29, 1.82) is 0 Å². The number of aliphatic carboxylic acids is 1. The van der Waals surface area contributed by atoms with E-state index in [1.54, 1.807) is 13.1 Å². The fraction of sp³-hybridized carbons (Fsp3) is 0.538. The second kappa shape index (κ2) is 11.5. The maximum atomic E-state index is 13.3. The fourth-order valence-corrected chi connectivity index (χ4v) is 4.08. The molecule has 3 atom stereocenters. The van der Waals surface area contributed by atoms with Gasteiger partial charge in [-0.1, -0.05) is 52.8 Å². The van der Waals surface area contributed by atoms with Gasteiger partial charge in [0.15, 0.2) is 6.10 Å². The number of carboxylic acid groups (broad SMARTS) is 1. The van der Waals surface area contributed by atoms with Crippen molar-refractivity contribution >= 4 is 28.7 Å². The first-order chi connectivity index (χ1) is 16.3. The minimum Gasteiger partial charge on any atom is -0.479 e. The van der Waals surface area contributed by atoms with E-state index in [9.17, 15) is 24.3 Å². The van der Waals surface area contributed by atoms with Crippen LogP contribution in [0, 0.1) is 17.3 Å². The summed E-state index contributed by atoms with van der Waals surface area (Å²) in [5.41, 5.74) is 0.134. The number of carboxylic acids is 1. The SMILES string of the molecule is CNC(=O)[C@@H](NC(=O)[C@H](CC(C)C)[C@H](OCc1cc2ccccc2n(C)c1=O)C(=O)O)C(C)(C)C. The predicted octanol–water partition coefficient (Wildman–Crippen LogP) is 2.45. The number of rotatable bonds is 10. The number of aryl methyl sites for hydroxylation is 1. The molecule has 0 spiro atoms. The molecular formula is C26H37N3O6. The molecule has 9 nitrogen and oxygen atoms in total. The molecule has 9 heteroatoms.